The molecule has 2 aromatic heterocycles. The number of benzene rings is 1. The number of nitrogens with one attached hydrogen (secondary N) is 1. The van der Waals surface area contributed by atoms with E-state index in [0.717, 1.165) is 6.07 Å². The second kappa shape index (κ2) is 4.23. The Kier molecular flexibility index (Phi) is 2.53. The predicted octanol–water partition coefficient (Wildman–Crippen LogP) is 0.485. The van der Waals surface area contributed by atoms with Gasteiger partial charge in [-0.15, -0.1) is 0 Å². The summed E-state index contributed by atoms with van der Waals surface area (Å²) in [4.78, 5) is 29.8. The number of fused-ring (bicyclic) bond motifs is 1. The minimum atomic E-state index is -0.500. The van der Waals surface area contributed by atoms with Gasteiger partial charge in [-0.3, -0.25) is 14.2 Å². The summed E-state index contributed by atoms with van der Waals surface area (Å²) in [6.07, 6.45) is 2.63. The molecule has 0 saturated carbocycles. The van der Waals surface area contributed by atoms with Gasteiger partial charge in [0, 0.05) is 24.4 Å². The van der Waals surface area contributed by atoms with Gasteiger partial charge in [-0.2, -0.15) is 0 Å². The number of phenolic OH excluding ortho intramolecular Hbond substituents is 2. The van der Waals surface area contributed by atoms with E-state index in [9.17, 15) is 19.8 Å². The van der Waals surface area contributed by atoms with Crippen LogP contribution in [0.5, 0.6) is 11.5 Å². The minimum Gasteiger partial charge on any atom is -0.508 e. The van der Waals surface area contributed by atoms with Crippen molar-refractivity contribution >= 4 is 10.9 Å². The molecule has 0 bridgehead atoms. The van der Waals surface area contributed by atoms with Crippen LogP contribution in [-0.4, -0.2) is 24.7 Å². The van der Waals surface area contributed by atoms with E-state index in [0.29, 0.717) is 5.69 Å². The first-order valence-electron chi connectivity index (χ1n) is 5.69. The molecule has 3 N–H and O–H groups in total. The standard InChI is InChI=1S/C13H9N3O4/c17-8-3-9-12(10(18)4-8)13(20)16(6-15-9)7-1-2-11(19)14-5-7/h1-6,17-18H,(H,14,19). The molecule has 7 nitrogen and oxygen atoms in total. The predicted molar refractivity (Wildman–Crippen MR) is 71.3 cm³/mol. The first-order valence-corrected chi connectivity index (χ1v) is 5.69. The number of phenols is 2. The number of hydrogen-bond acceptors (Lipinski definition) is 5. The molecule has 0 amide bonds. The molecular formula is C13H9N3O4. The molecule has 0 saturated heterocycles. The molecule has 0 unspecified atom stereocenters. The Hall–Kier alpha value is -3.09. The molecule has 0 spiro atoms. The van der Waals surface area contributed by atoms with E-state index < -0.39 is 5.56 Å². The molecule has 100 valence electrons. The zero-order valence-electron chi connectivity index (χ0n) is 10.1. The van der Waals surface area contributed by atoms with Crippen LogP contribution in [0.3, 0.4) is 0 Å². The van der Waals surface area contributed by atoms with Gasteiger partial charge in [-0.25, -0.2) is 4.98 Å². The second-order valence-electron chi connectivity index (χ2n) is 4.19. The molecule has 2 heterocycles. The van der Waals surface area contributed by atoms with Crippen LogP contribution in [0.2, 0.25) is 0 Å². The molecule has 0 radical (unpaired) electrons. The summed E-state index contributed by atoms with van der Waals surface area (Å²) in [6, 6.07) is 5.10. The number of hydrogen-bond donors (Lipinski definition) is 3. The van der Waals surface area contributed by atoms with Crippen LogP contribution in [0.25, 0.3) is 16.6 Å². The molecule has 0 aliphatic carbocycles. The van der Waals surface area contributed by atoms with Crippen molar-refractivity contribution in [2.24, 2.45) is 0 Å². The van der Waals surface area contributed by atoms with Crippen LogP contribution in [0.1, 0.15) is 0 Å². The van der Waals surface area contributed by atoms with Gasteiger partial charge in [-0.05, 0) is 6.07 Å². The SMILES string of the molecule is O=c1ccc(-n2cnc3cc(O)cc(O)c3c2=O)c[nH]1. The molecule has 7 heteroatoms. The molecular weight excluding hydrogens is 262 g/mol. The third-order valence-electron chi connectivity index (χ3n) is 2.87. The normalized spacial score (nSPS) is 10.8. The molecule has 0 atom stereocenters. The van der Waals surface area contributed by atoms with E-state index in [1.54, 1.807) is 0 Å². The maximum absolute atomic E-state index is 12.3. The van der Waals surface area contributed by atoms with Crippen LogP contribution < -0.4 is 11.1 Å². The highest BCUT2D eigenvalue weighted by molar-refractivity contribution is 5.85. The zero-order valence-corrected chi connectivity index (χ0v) is 10.1. The van der Waals surface area contributed by atoms with E-state index >= 15 is 0 Å². The van der Waals surface area contributed by atoms with Crippen LogP contribution >= 0.6 is 0 Å². The van der Waals surface area contributed by atoms with Gasteiger partial charge in [0.15, 0.2) is 0 Å². The topological polar surface area (TPSA) is 108 Å². The maximum Gasteiger partial charge on any atom is 0.269 e. The van der Waals surface area contributed by atoms with E-state index in [4.69, 9.17) is 0 Å². The van der Waals surface area contributed by atoms with Crippen molar-refractivity contribution in [3.8, 4) is 17.2 Å². The molecule has 0 aliphatic rings. The summed E-state index contributed by atoms with van der Waals surface area (Å²) in [5.41, 5.74) is -0.187. The Bertz CT molecular complexity index is 907. The Morgan fingerprint density at radius 2 is 1.95 bits per heavy atom. The molecule has 0 fully saturated rings. The van der Waals surface area contributed by atoms with Crippen LogP contribution in [0.4, 0.5) is 0 Å². The van der Waals surface area contributed by atoms with Crippen molar-refractivity contribution in [1.82, 2.24) is 14.5 Å². The summed E-state index contributed by atoms with van der Waals surface area (Å²) in [7, 11) is 0. The summed E-state index contributed by atoms with van der Waals surface area (Å²) < 4.78 is 1.19. The summed E-state index contributed by atoms with van der Waals surface area (Å²) in [6.45, 7) is 0. The second-order valence-corrected chi connectivity index (χ2v) is 4.19. The first kappa shape index (κ1) is 12.0. The van der Waals surface area contributed by atoms with Gasteiger partial charge in [-0.1, -0.05) is 0 Å². The van der Waals surface area contributed by atoms with Gasteiger partial charge in [0.25, 0.3) is 5.56 Å². The van der Waals surface area contributed by atoms with E-state index in [2.05, 4.69) is 9.97 Å². The fourth-order valence-electron chi connectivity index (χ4n) is 1.95. The Morgan fingerprint density at radius 1 is 1.15 bits per heavy atom. The quantitative estimate of drug-likeness (QED) is 0.596. The lowest BCUT2D eigenvalue weighted by molar-refractivity contribution is 0.454. The van der Waals surface area contributed by atoms with Crippen LogP contribution in [-0.2, 0) is 0 Å². The highest BCUT2D eigenvalue weighted by atomic mass is 16.3. The molecule has 0 aliphatic heterocycles. The number of rotatable bonds is 1. The van der Waals surface area contributed by atoms with Crippen molar-refractivity contribution in [3.63, 3.8) is 0 Å². The monoisotopic (exact) mass is 271 g/mol. The number of aromatic amines is 1. The largest absolute Gasteiger partial charge is 0.508 e. The third-order valence-corrected chi connectivity index (χ3v) is 2.87. The van der Waals surface area contributed by atoms with Gasteiger partial charge in [0.1, 0.15) is 23.2 Å². The third kappa shape index (κ3) is 1.81. The number of aromatic nitrogens is 3. The lowest BCUT2D eigenvalue weighted by Gasteiger charge is -2.07. The minimum absolute atomic E-state index is 0.00324. The smallest absolute Gasteiger partial charge is 0.269 e. The van der Waals surface area contributed by atoms with E-state index in [1.165, 1.54) is 35.3 Å². The van der Waals surface area contributed by atoms with Crippen molar-refractivity contribution in [3.05, 3.63) is 57.5 Å². The van der Waals surface area contributed by atoms with E-state index in [1.807, 2.05) is 0 Å². The molecule has 3 rings (SSSR count). The fraction of sp³-hybridized carbons (Fsp3) is 0. The van der Waals surface area contributed by atoms with Crippen molar-refractivity contribution < 1.29 is 10.2 Å². The Labute approximate surface area is 111 Å². The highest BCUT2D eigenvalue weighted by Crippen LogP contribution is 2.25. The lowest BCUT2D eigenvalue weighted by atomic mass is 10.2. The van der Waals surface area contributed by atoms with Crippen LogP contribution in [0.15, 0.2) is 46.4 Å². The summed E-state index contributed by atoms with van der Waals surface area (Å²) >= 11 is 0. The van der Waals surface area contributed by atoms with Crippen molar-refractivity contribution in [2.75, 3.05) is 0 Å². The number of aromatic hydroxyl groups is 2. The molecule has 3 aromatic rings. The van der Waals surface area contributed by atoms with Gasteiger partial charge >= 0.3 is 0 Å². The molecule has 1 aromatic carbocycles. The number of nitrogens with zero attached hydrogens (tertiary/aromatic N) is 2. The lowest BCUT2D eigenvalue weighted by Crippen LogP contribution is -2.20. The first-order chi connectivity index (χ1) is 9.56. The molecule has 20 heavy (non-hydrogen) atoms. The van der Waals surface area contributed by atoms with Gasteiger partial charge in [0.2, 0.25) is 5.56 Å². The van der Waals surface area contributed by atoms with Crippen molar-refractivity contribution in [2.45, 2.75) is 0 Å². The fourth-order valence-corrected chi connectivity index (χ4v) is 1.95. The average molecular weight is 271 g/mol. The van der Waals surface area contributed by atoms with Crippen molar-refractivity contribution in [1.29, 1.82) is 0 Å². The highest BCUT2D eigenvalue weighted by Gasteiger charge is 2.11. The number of pyridine rings is 1. The Balaban J connectivity index is 2.34. The summed E-state index contributed by atoms with van der Waals surface area (Å²) in [5, 5.41) is 19.1. The Morgan fingerprint density at radius 3 is 2.65 bits per heavy atom. The maximum atomic E-state index is 12.3. The van der Waals surface area contributed by atoms with Gasteiger partial charge < -0.3 is 15.2 Å². The average Bonchev–Trinajstić information content (AvgIpc) is 2.39. The zero-order chi connectivity index (χ0) is 14.3. The van der Waals surface area contributed by atoms with Crippen LogP contribution in [0, 0.1) is 0 Å². The summed E-state index contributed by atoms with van der Waals surface area (Å²) in [5.74, 6) is -0.528. The van der Waals surface area contributed by atoms with Gasteiger partial charge in [0.05, 0.1) is 11.2 Å². The number of H-pyrrole nitrogens is 1. The van der Waals surface area contributed by atoms with E-state index in [-0.39, 0.29) is 28.0 Å².